The molecule has 2 atom stereocenters. The Morgan fingerprint density at radius 1 is 1.52 bits per heavy atom. The summed E-state index contributed by atoms with van der Waals surface area (Å²) >= 11 is 0. The Hall–Kier alpha value is -2.02. The van der Waals surface area contributed by atoms with E-state index < -0.39 is 12.2 Å². The molecule has 128 valence electrons. The summed E-state index contributed by atoms with van der Waals surface area (Å²) in [6.45, 7) is 5.41. The zero-order valence-corrected chi connectivity index (χ0v) is 13.5. The number of carbonyl (C=O) groups is 2. The molecule has 23 heavy (non-hydrogen) atoms. The third-order valence-corrected chi connectivity index (χ3v) is 3.83. The molecule has 1 aliphatic heterocycles. The first-order chi connectivity index (χ1) is 11.0. The lowest BCUT2D eigenvalue weighted by molar-refractivity contribution is 0.0194. The monoisotopic (exact) mass is 324 g/mol. The number of alkyl carbamates (subject to hydrolysis) is 1. The minimum atomic E-state index is -0.676. The van der Waals surface area contributed by atoms with Crippen molar-refractivity contribution in [3.8, 4) is 0 Å². The Kier molecular flexibility index (Phi) is 6.04. The van der Waals surface area contributed by atoms with Gasteiger partial charge >= 0.3 is 6.09 Å². The summed E-state index contributed by atoms with van der Waals surface area (Å²) in [6, 6.07) is 1.60. The summed E-state index contributed by atoms with van der Waals surface area (Å²) in [6.07, 6.45) is 2.32. The summed E-state index contributed by atoms with van der Waals surface area (Å²) in [7, 11) is 0. The molecule has 7 heteroatoms. The van der Waals surface area contributed by atoms with Gasteiger partial charge in [-0.3, -0.25) is 4.79 Å². The first-order valence-electron chi connectivity index (χ1n) is 7.87. The molecule has 0 radical (unpaired) electrons. The molecule has 0 bridgehead atoms. The zero-order valence-electron chi connectivity index (χ0n) is 13.5. The molecule has 1 saturated heterocycles. The third-order valence-electron chi connectivity index (χ3n) is 3.83. The number of nitrogens with zero attached hydrogens (tertiary/aromatic N) is 1. The normalized spacial score (nSPS) is 21.3. The van der Waals surface area contributed by atoms with Gasteiger partial charge in [0.2, 0.25) is 0 Å². The number of piperidine rings is 1. The van der Waals surface area contributed by atoms with Crippen LogP contribution in [-0.4, -0.2) is 54.4 Å². The van der Waals surface area contributed by atoms with E-state index in [1.165, 1.54) is 12.5 Å². The maximum atomic E-state index is 12.2. The number of furan rings is 1. The van der Waals surface area contributed by atoms with Crippen LogP contribution in [0.1, 0.15) is 30.6 Å². The van der Waals surface area contributed by atoms with E-state index >= 15 is 0 Å². The van der Waals surface area contributed by atoms with Crippen LogP contribution in [0.15, 0.2) is 23.0 Å². The van der Waals surface area contributed by atoms with E-state index in [9.17, 15) is 14.7 Å². The second-order valence-electron chi connectivity index (χ2n) is 6.25. The van der Waals surface area contributed by atoms with E-state index in [2.05, 4.69) is 5.32 Å². The van der Waals surface area contributed by atoms with Gasteiger partial charge in [-0.1, -0.05) is 13.8 Å². The van der Waals surface area contributed by atoms with Gasteiger partial charge < -0.3 is 24.5 Å². The van der Waals surface area contributed by atoms with Crippen molar-refractivity contribution < 1.29 is 23.8 Å². The maximum absolute atomic E-state index is 12.2. The van der Waals surface area contributed by atoms with Gasteiger partial charge in [0, 0.05) is 25.6 Å². The summed E-state index contributed by atoms with van der Waals surface area (Å²) in [4.78, 5) is 25.3. The maximum Gasteiger partial charge on any atom is 0.407 e. The van der Waals surface area contributed by atoms with E-state index in [-0.39, 0.29) is 24.3 Å². The van der Waals surface area contributed by atoms with Gasteiger partial charge in [-0.25, -0.2) is 4.79 Å². The number of hydrogen-bond donors (Lipinski definition) is 2. The van der Waals surface area contributed by atoms with Crippen molar-refractivity contribution in [2.75, 3.05) is 26.2 Å². The van der Waals surface area contributed by atoms with Gasteiger partial charge in [0.1, 0.15) is 6.26 Å². The molecule has 0 aliphatic carbocycles. The molecule has 0 spiro atoms. The Morgan fingerprint density at radius 2 is 2.30 bits per heavy atom. The smallest absolute Gasteiger partial charge is 0.407 e. The first-order valence-corrected chi connectivity index (χ1v) is 7.87. The molecule has 1 aromatic heterocycles. The van der Waals surface area contributed by atoms with E-state index in [1.54, 1.807) is 11.0 Å². The summed E-state index contributed by atoms with van der Waals surface area (Å²) in [5, 5.41) is 12.9. The molecule has 2 heterocycles. The van der Waals surface area contributed by atoms with Crippen molar-refractivity contribution in [1.29, 1.82) is 0 Å². The summed E-state index contributed by atoms with van der Waals surface area (Å²) in [5.74, 6) is 0.0408. The molecule has 2 rings (SSSR count). The van der Waals surface area contributed by atoms with Crippen molar-refractivity contribution in [2.45, 2.75) is 26.4 Å². The number of β-amino-alcohol motifs (C(OH)–C–C–N with tert-alkyl or cyclic N) is 1. The number of ether oxygens (including phenoxy) is 1. The minimum Gasteiger partial charge on any atom is -0.472 e. The molecular weight excluding hydrogens is 300 g/mol. The Bertz CT molecular complexity index is 515. The number of likely N-dealkylation sites (tertiary alicyclic amines) is 1. The van der Waals surface area contributed by atoms with Crippen LogP contribution in [0.25, 0.3) is 0 Å². The largest absolute Gasteiger partial charge is 0.472 e. The lowest BCUT2D eigenvalue weighted by atomic mass is 9.93. The molecule has 2 unspecified atom stereocenters. The van der Waals surface area contributed by atoms with Crippen molar-refractivity contribution in [1.82, 2.24) is 10.2 Å². The highest BCUT2D eigenvalue weighted by Gasteiger charge is 2.31. The summed E-state index contributed by atoms with van der Waals surface area (Å²) < 4.78 is 9.94. The second-order valence-corrected chi connectivity index (χ2v) is 6.25. The van der Waals surface area contributed by atoms with Crippen LogP contribution in [0.4, 0.5) is 4.79 Å². The molecule has 7 nitrogen and oxygen atoms in total. The number of hydrogen-bond acceptors (Lipinski definition) is 5. The van der Waals surface area contributed by atoms with Crippen LogP contribution >= 0.6 is 0 Å². The number of amides is 2. The van der Waals surface area contributed by atoms with Gasteiger partial charge in [0.05, 0.1) is 24.5 Å². The molecule has 0 saturated carbocycles. The van der Waals surface area contributed by atoms with Gasteiger partial charge in [-0.2, -0.15) is 0 Å². The van der Waals surface area contributed by atoms with Gasteiger partial charge in [-0.15, -0.1) is 0 Å². The standard InChI is InChI=1S/C16H24N2O5/c1-11(2)9-23-16(21)17-7-12-3-5-18(8-14(12)19)15(20)13-4-6-22-10-13/h4,6,10-12,14,19H,3,5,7-9H2,1-2H3,(H,17,21). The minimum absolute atomic E-state index is 0.0880. The first kappa shape index (κ1) is 17.3. The predicted molar refractivity (Wildman–Crippen MR) is 82.9 cm³/mol. The Labute approximate surface area is 135 Å². The topological polar surface area (TPSA) is 92.0 Å². The third kappa shape index (κ3) is 4.99. The van der Waals surface area contributed by atoms with Crippen LogP contribution in [0.5, 0.6) is 0 Å². The molecule has 1 aliphatic rings. The number of aliphatic hydroxyl groups excluding tert-OH is 1. The van der Waals surface area contributed by atoms with Crippen LogP contribution in [0.3, 0.4) is 0 Å². The van der Waals surface area contributed by atoms with Crippen LogP contribution in [0.2, 0.25) is 0 Å². The van der Waals surface area contributed by atoms with E-state index in [0.717, 1.165) is 0 Å². The number of rotatable bonds is 5. The zero-order chi connectivity index (χ0) is 16.8. The van der Waals surface area contributed by atoms with Crippen molar-refractivity contribution in [3.63, 3.8) is 0 Å². The van der Waals surface area contributed by atoms with E-state index in [1.807, 2.05) is 13.8 Å². The number of nitrogens with one attached hydrogen (secondary N) is 1. The van der Waals surface area contributed by atoms with Crippen molar-refractivity contribution in [3.05, 3.63) is 24.2 Å². The second kappa shape index (κ2) is 8.01. The van der Waals surface area contributed by atoms with Crippen LogP contribution in [0, 0.1) is 11.8 Å². The van der Waals surface area contributed by atoms with Crippen LogP contribution in [-0.2, 0) is 4.74 Å². The average Bonchev–Trinajstić information content (AvgIpc) is 3.05. The fourth-order valence-corrected chi connectivity index (χ4v) is 2.48. The van der Waals surface area contributed by atoms with Gasteiger partial charge in [0.15, 0.2) is 0 Å². The molecule has 2 N–H and O–H groups in total. The highest BCUT2D eigenvalue weighted by molar-refractivity contribution is 5.93. The molecular formula is C16H24N2O5. The van der Waals surface area contributed by atoms with Gasteiger partial charge in [0.25, 0.3) is 5.91 Å². The number of carbonyl (C=O) groups excluding carboxylic acids is 2. The van der Waals surface area contributed by atoms with Crippen molar-refractivity contribution in [2.24, 2.45) is 11.8 Å². The molecule has 1 aromatic rings. The highest BCUT2D eigenvalue weighted by atomic mass is 16.5. The average molecular weight is 324 g/mol. The quantitative estimate of drug-likeness (QED) is 0.856. The van der Waals surface area contributed by atoms with Gasteiger partial charge in [-0.05, 0) is 18.4 Å². The van der Waals surface area contributed by atoms with E-state index in [0.29, 0.717) is 31.7 Å². The Morgan fingerprint density at radius 3 is 2.91 bits per heavy atom. The lowest BCUT2D eigenvalue weighted by Gasteiger charge is -2.35. The number of aliphatic hydroxyl groups is 1. The van der Waals surface area contributed by atoms with E-state index in [4.69, 9.17) is 9.15 Å². The highest BCUT2D eigenvalue weighted by Crippen LogP contribution is 2.19. The predicted octanol–water partition coefficient (Wildman–Crippen LogP) is 1.48. The van der Waals surface area contributed by atoms with Crippen molar-refractivity contribution >= 4 is 12.0 Å². The summed E-state index contributed by atoms with van der Waals surface area (Å²) in [5.41, 5.74) is 0.478. The van der Waals surface area contributed by atoms with Crippen LogP contribution < -0.4 is 5.32 Å². The SMILES string of the molecule is CC(C)COC(=O)NCC1CCN(C(=O)c2ccoc2)CC1O. The molecule has 1 fully saturated rings. The molecule has 2 amide bonds. The fourth-order valence-electron chi connectivity index (χ4n) is 2.48. The lowest BCUT2D eigenvalue weighted by Crippen LogP contribution is -2.49. The fraction of sp³-hybridized carbons (Fsp3) is 0.625. The molecule has 0 aromatic carbocycles. The Balaban J connectivity index is 1.76.